The lowest BCUT2D eigenvalue weighted by atomic mass is 9.80. The number of aromatic nitrogens is 3. The second-order valence-corrected chi connectivity index (χ2v) is 10.2. The van der Waals surface area contributed by atoms with Crippen LogP contribution in [0.2, 0.25) is 5.15 Å². The fourth-order valence-electron chi connectivity index (χ4n) is 6.10. The molecule has 11 heteroatoms. The Morgan fingerprint density at radius 1 is 1.27 bits per heavy atom. The molecule has 4 aliphatic rings. The molecule has 8 nitrogen and oxygen atoms in total. The molecule has 0 aromatic carbocycles. The molecule has 6 heterocycles. The van der Waals surface area contributed by atoms with Gasteiger partial charge in [-0.25, -0.2) is 13.8 Å². The minimum absolute atomic E-state index is 0.0380. The highest BCUT2D eigenvalue weighted by Crippen LogP contribution is 2.41. The molecule has 2 aromatic heterocycles. The van der Waals surface area contributed by atoms with E-state index in [0.29, 0.717) is 43.7 Å². The predicted molar refractivity (Wildman–Crippen MR) is 118 cm³/mol. The number of amides is 1. The number of hydrogen-bond acceptors (Lipinski definition) is 7. The van der Waals surface area contributed by atoms with Gasteiger partial charge in [0.1, 0.15) is 24.1 Å². The van der Waals surface area contributed by atoms with Gasteiger partial charge in [0.05, 0.1) is 22.9 Å². The van der Waals surface area contributed by atoms with Crippen LogP contribution in [0, 0.1) is 5.82 Å². The number of alkyl halides is 1. The van der Waals surface area contributed by atoms with Crippen LogP contribution in [0.15, 0.2) is 6.20 Å². The molecular formula is C22H25ClF2N6O2. The average Bonchev–Trinajstić information content (AvgIpc) is 3.29. The lowest BCUT2D eigenvalue weighted by molar-refractivity contribution is -0.133. The molecule has 4 fully saturated rings. The summed E-state index contributed by atoms with van der Waals surface area (Å²) in [5.74, 6) is -0.179. The first-order valence-corrected chi connectivity index (χ1v) is 11.8. The Bertz CT molecular complexity index is 1130. The van der Waals surface area contributed by atoms with Gasteiger partial charge in [0.2, 0.25) is 5.91 Å². The van der Waals surface area contributed by atoms with Crippen molar-refractivity contribution < 1.29 is 18.3 Å². The maximum absolute atomic E-state index is 14.9. The van der Waals surface area contributed by atoms with Crippen molar-refractivity contribution in [2.45, 2.75) is 55.8 Å². The first-order valence-electron chi connectivity index (χ1n) is 11.5. The van der Waals surface area contributed by atoms with Gasteiger partial charge in [-0.3, -0.25) is 9.69 Å². The van der Waals surface area contributed by atoms with Crippen LogP contribution in [0.1, 0.15) is 38.5 Å². The van der Waals surface area contributed by atoms with Crippen molar-refractivity contribution in [3.63, 3.8) is 0 Å². The Morgan fingerprint density at radius 3 is 2.91 bits per heavy atom. The summed E-state index contributed by atoms with van der Waals surface area (Å²) in [7, 11) is 0. The maximum Gasteiger partial charge on any atom is 0.319 e. The van der Waals surface area contributed by atoms with Crippen LogP contribution in [-0.4, -0.2) is 75.8 Å². The molecule has 0 unspecified atom stereocenters. The second kappa shape index (κ2) is 7.59. The first kappa shape index (κ1) is 21.2. The summed E-state index contributed by atoms with van der Waals surface area (Å²) in [6.07, 6.45) is 5.10. The summed E-state index contributed by atoms with van der Waals surface area (Å²) in [6.45, 7) is 2.79. The Hall–Kier alpha value is -2.33. The van der Waals surface area contributed by atoms with E-state index in [9.17, 15) is 13.6 Å². The number of anilines is 1. The number of carbonyl (C=O) groups excluding carboxylic acids is 1. The van der Waals surface area contributed by atoms with Gasteiger partial charge in [0, 0.05) is 32.3 Å². The third-order valence-corrected chi connectivity index (χ3v) is 7.88. The Balaban J connectivity index is 1.34. The van der Waals surface area contributed by atoms with Gasteiger partial charge in [-0.2, -0.15) is 9.97 Å². The van der Waals surface area contributed by atoms with Crippen molar-refractivity contribution in [2.24, 2.45) is 0 Å². The van der Waals surface area contributed by atoms with E-state index in [-0.39, 0.29) is 40.3 Å². The number of halogens is 3. The molecule has 0 aliphatic carbocycles. The van der Waals surface area contributed by atoms with Crippen molar-refractivity contribution in [3.8, 4) is 6.01 Å². The van der Waals surface area contributed by atoms with Crippen molar-refractivity contribution in [2.75, 3.05) is 37.7 Å². The lowest BCUT2D eigenvalue weighted by Gasteiger charge is -2.49. The fraction of sp³-hybridized carbons (Fsp3) is 0.636. The van der Waals surface area contributed by atoms with Gasteiger partial charge in [-0.05, 0) is 32.2 Å². The summed E-state index contributed by atoms with van der Waals surface area (Å²) in [6, 6.07) is 0.0412. The van der Waals surface area contributed by atoms with E-state index in [2.05, 4.69) is 25.2 Å². The van der Waals surface area contributed by atoms with Gasteiger partial charge in [0.25, 0.3) is 0 Å². The van der Waals surface area contributed by atoms with Crippen molar-refractivity contribution in [1.29, 1.82) is 0 Å². The van der Waals surface area contributed by atoms with E-state index < -0.39 is 12.0 Å². The third-order valence-electron chi connectivity index (χ3n) is 7.61. The van der Waals surface area contributed by atoms with E-state index in [4.69, 9.17) is 16.3 Å². The molecule has 4 aliphatic heterocycles. The molecule has 1 spiro atoms. The van der Waals surface area contributed by atoms with E-state index in [1.54, 1.807) is 0 Å². The molecule has 0 radical (unpaired) electrons. The highest BCUT2D eigenvalue weighted by atomic mass is 35.5. The number of nitrogens with zero attached hydrogens (tertiary/aromatic N) is 5. The molecule has 6 rings (SSSR count). The zero-order valence-corrected chi connectivity index (χ0v) is 18.9. The zero-order valence-electron chi connectivity index (χ0n) is 18.1. The molecule has 2 aromatic rings. The number of piperidine rings is 1. The highest BCUT2D eigenvalue weighted by Gasteiger charge is 2.49. The fourth-order valence-corrected chi connectivity index (χ4v) is 6.23. The van der Waals surface area contributed by atoms with Crippen LogP contribution in [0.4, 0.5) is 14.6 Å². The Kier molecular flexibility index (Phi) is 4.88. The van der Waals surface area contributed by atoms with Crippen molar-refractivity contribution in [3.05, 3.63) is 17.2 Å². The van der Waals surface area contributed by atoms with Crippen molar-refractivity contribution >= 4 is 34.2 Å². The highest BCUT2D eigenvalue weighted by molar-refractivity contribution is 6.30. The topological polar surface area (TPSA) is 83.5 Å². The monoisotopic (exact) mass is 478 g/mol. The first-order chi connectivity index (χ1) is 15.9. The van der Waals surface area contributed by atoms with Gasteiger partial charge in [-0.1, -0.05) is 11.6 Å². The van der Waals surface area contributed by atoms with Gasteiger partial charge >= 0.3 is 6.01 Å². The molecule has 0 bridgehead atoms. The number of β-lactam (4-membered cyclic amide) rings is 1. The SMILES string of the molecule is O=C1C[C@]2(CCCN(c3nc(OC[C@@]45CCCN4C[C@H](F)C5)nc4c(F)c(Cl)ncc34)C2)N1. The number of fused-ring (bicyclic) bond motifs is 2. The molecule has 0 saturated carbocycles. The molecule has 1 N–H and O–H groups in total. The number of rotatable bonds is 4. The third kappa shape index (κ3) is 3.49. The van der Waals surface area contributed by atoms with E-state index >= 15 is 0 Å². The molecule has 1 amide bonds. The van der Waals surface area contributed by atoms with Crippen LogP contribution in [-0.2, 0) is 4.79 Å². The summed E-state index contributed by atoms with van der Waals surface area (Å²) in [4.78, 5) is 28.7. The van der Waals surface area contributed by atoms with Gasteiger partial charge < -0.3 is 15.0 Å². The number of nitrogens with one attached hydrogen (secondary N) is 1. The molecule has 3 atom stereocenters. The number of carbonyl (C=O) groups is 1. The second-order valence-electron chi connectivity index (χ2n) is 9.85. The number of hydrogen-bond donors (Lipinski definition) is 1. The van der Waals surface area contributed by atoms with Crippen LogP contribution in [0.5, 0.6) is 6.01 Å². The summed E-state index contributed by atoms with van der Waals surface area (Å²) in [5.41, 5.74) is -0.601. The quantitative estimate of drug-likeness (QED) is 0.534. The largest absolute Gasteiger partial charge is 0.461 e. The molecule has 33 heavy (non-hydrogen) atoms. The number of ether oxygens (including phenoxy) is 1. The normalized spacial score (nSPS) is 31.7. The van der Waals surface area contributed by atoms with Crippen LogP contribution < -0.4 is 15.0 Å². The summed E-state index contributed by atoms with van der Waals surface area (Å²) < 4.78 is 35.1. The minimum Gasteiger partial charge on any atom is -0.461 e. The minimum atomic E-state index is -0.869. The molecule has 176 valence electrons. The van der Waals surface area contributed by atoms with E-state index in [1.165, 1.54) is 6.20 Å². The standard InChI is InChI=1S/C22H25ClF2N6O2/c23-18-16(25)17-14(9-26-18)19(30-5-1-3-21(11-30)8-15(32)29-21)28-20(27-17)33-12-22-4-2-6-31(22)10-13(24)7-22/h9,13H,1-8,10-12H2,(H,29,32)/t13-,21+,22+/m1/s1. The van der Waals surface area contributed by atoms with Gasteiger partial charge in [-0.15, -0.1) is 0 Å². The van der Waals surface area contributed by atoms with Crippen molar-refractivity contribution in [1.82, 2.24) is 25.2 Å². The number of pyridine rings is 1. The van der Waals surface area contributed by atoms with E-state index in [1.807, 2.05) is 4.90 Å². The Labute approximate surface area is 194 Å². The lowest BCUT2D eigenvalue weighted by Crippen LogP contribution is -2.68. The van der Waals surface area contributed by atoms with Crippen LogP contribution in [0.3, 0.4) is 0 Å². The Morgan fingerprint density at radius 2 is 2.09 bits per heavy atom. The average molecular weight is 479 g/mol. The van der Waals surface area contributed by atoms with E-state index in [0.717, 1.165) is 32.2 Å². The maximum atomic E-state index is 14.9. The summed E-state index contributed by atoms with van der Waals surface area (Å²) >= 11 is 5.94. The predicted octanol–water partition coefficient (Wildman–Crippen LogP) is 2.63. The molecular weight excluding hydrogens is 454 g/mol. The van der Waals surface area contributed by atoms with Crippen LogP contribution in [0.25, 0.3) is 10.9 Å². The molecule has 4 saturated heterocycles. The zero-order chi connectivity index (χ0) is 22.8. The smallest absolute Gasteiger partial charge is 0.319 e. The van der Waals surface area contributed by atoms with Gasteiger partial charge in [0.15, 0.2) is 11.0 Å². The van der Waals surface area contributed by atoms with Crippen LogP contribution >= 0.6 is 11.6 Å². The summed E-state index contributed by atoms with van der Waals surface area (Å²) in [5, 5.41) is 3.20.